The first kappa shape index (κ1) is 12.2. The third kappa shape index (κ3) is 5.55. The van der Waals surface area contributed by atoms with E-state index in [0.29, 0.717) is 0 Å². The number of aliphatic hydroxyl groups is 1. The molecule has 0 fully saturated rings. The van der Waals surface area contributed by atoms with E-state index in [9.17, 15) is 0 Å². The van der Waals surface area contributed by atoms with Crippen molar-refractivity contribution in [3.05, 3.63) is 35.9 Å². The number of nitrogens with one attached hydrogen (secondary N) is 1. The standard InChI is InChI=1S/C13H21NO/c1-12(11-15)14-10-6-5-9-13-7-3-2-4-8-13/h2-4,7-8,12,14-15H,5-6,9-11H2,1H3. The van der Waals surface area contributed by atoms with E-state index in [4.69, 9.17) is 5.11 Å². The Morgan fingerprint density at radius 3 is 2.60 bits per heavy atom. The second kappa shape index (κ2) is 7.43. The minimum absolute atomic E-state index is 0.221. The maximum absolute atomic E-state index is 8.81. The Hall–Kier alpha value is -0.860. The van der Waals surface area contributed by atoms with Gasteiger partial charge in [0.05, 0.1) is 6.61 Å². The fourth-order valence-electron chi connectivity index (χ4n) is 1.51. The van der Waals surface area contributed by atoms with Gasteiger partial charge in [0.2, 0.25) is 0 Å². The summed E-state index contributed by atoms with van der Waals surface area (Å²) in [6, 6.07) is 10.8. The van der Waals surface area contributed by atoms with Crippen molar-refractivity contribution < 1.29 is 5.11 Å². The third-order valence-electron chi connectivity index (χ3n) is 2.50. The van der Waals surface area contributed by atoms with E-state index in [1.807, 2.05) is 13.0 Å². The summed E-state index contributed by atoms with van der Waals surface area (Å²) in [5.74, 6) is 0. The molecule has 2 heteroatoms. The van der Waals surface area contributed by atoms with Crippen molar-refractivity contribution in [3.63, 3.8) is 0 Å². The van der Waals surface area contributed by atoms with Crippen molar-refractivity contribution in [3.8, 4) is 0 Å². The van der Waals surface area contributed by atoms with Crippen LogP contribution in [0.3, 0.4) is 0 Å². The van der Waals surface area contributed by atoms with Crippen LogP contribution in [-0.2, 0) is 6.42 Å². The molecule has 2 nitrogen and oxygen atoms in total. The molecule has 0 aliphatic rings. The van der Waals surface area contributed by atoms with Gasteiger partial charge in [-0.25, -0.2) is 0 Å². The van der Waals surface area contributed by atoms with E-state index in [-0.39, 0.29) is 12.6 Å². The van der Waals surface area contributed by atoms with Gasteiger partial charge < -0.3 is 10.4 Å². The van der Waals surface area contributed by atoms with E-state index in [1.165, 1.54) is 18.4 Å². The molecule has 0 heterocycles. The van der Waals surface area contributed by atoms with Crippen LogP contribution in [-0.4, -0.2) is 24.3 Å². The van der Waals surface area contributed by atoms with Crippen LogP contribution in [0, 0.1) is 0 Å². The second-order valence-electron chi connectivity index (χ2n) is 3.98. The minimum Gasteiger partial charge on any atom is -0.395 e. The summed E-state index contributed by atoms with van der Waals surface area (Å²) in [6.45, 7) is 3.21. The zero-order chi connectivity index (χ0) is 10.9. The molecule has 1 unspecified atom stereocenters. The predicted molar refractivity (Wildman–Crippen MR) is 63.9 cm³/mol. The average molecular weight is 207 g/mol. The van der Waals surface area contributed by atoms with Gasteiger partial charge in [-0.1, -0.05) is 30.3 Å². The lowest BCUT2D eigenvalue weighted by atomic mass is 10.1. The van der Waals surface area contributed by atoms with E-state index in [0.717, 1.165) is 13.0 Å². The molecular weight excluding hydrogens is 186 g/mol. The third-order valence-corrected chi connectivity index (χ3v) is 2.50. The summed E-state index contributed by atoms with van der Waals surface area (Å²) in [4.78, 5) is 0. The molecule has 2 N–H and O–H groups in total. The predicted octanol–water partition coefficient (Wildman–Crippen LogP) is 1.98. The van der Waals surface area contributed by atoms with Crippen molar-refractivity contribution in [2.45, 2.75) is 32.2 Å². The first-order valence-electron chi connectivity index (χ1n) is 5.71. The SMILES string of the molecule is CC(CO)NCCCCc1ccccc1. The molecule has 0 aliphatic heterocycles. The van der Waals surface area contributed by atoms with Crippen molar-refractivity contribution in [2.75, 3.05) is 13.2 Å². The number of hydrogen-bond donors (Lipinski definition) is 2. The van der Waals surface area contributed by atoms with Crippen molar-refractivity contribution in [2.24, 2.45) is 0 Å². The molecule has 15 heavy (non-hydrogen) atoms. The Labute approximate surface area is 92.3 Å². The quantitative estimate of drug-likeness (QED) is 0.670. The summed E-state index contributed by atoms with van der Waals surface area (Å²) in [7, 11) is 0. The normalized spacial score (nSPS) is 12.7. The fourth-order valence-corrected chi connectivity index (χ4v) is 1.51. The summed E-state index contributed by atoms with van der Waals surface area (Å²) in [5.41, 5.74) is 1.41. The highest BCUT2D eigenvalue weighted by Crippen LogP contribution is 2.03. The zero-order valence-electron chi connectivity index (χ0n) is 9.45. The molecule has 0 radical (unpaired) electrons. The van der Waals surface area contributed by atoms with Gasteiger partial charge in [-0.15, -0.1) is 0 Å². The van der Waals surface area contributed by atoms with E-state index < -0.39 is 0 Å². The molecule has 0 aliphatic carbocycles. The highest BCUT2D eigenvalue weighted by molar-refractivity contribution is 5.14. The van der Waals surface area contributed by atoms with Crippen LogP contribution in [0.25, 0.3) is 0 Å². The zero-order valence-corrected chi connectivity index (χ0v) is 9.45. The lowest BCUT2D eigenvalue weighted by molar-refractivity contribution is 0.251. The Morgan fingerprint density at radius 1 is 1.20 bits per heavy atom. The Bertz CT molecular complexity index is 248. The summed E-state index contributed by atoms with van der Waals surface area (Å²) in [6.07, 6.45) is 3.52. The summed E-state index contributed by atoms with van der Waals surface area (Å²) >= 11 is 0. The number of hydrogen-bond acceptors (Lipinski definition) is 2. The van der Waals surface area contributed by atoms with Crippen LogP contribution in [0.15, 0.2) is 30.3 Å². The smallest absolute Gasteiger partial charge is 0.0581 e. The van der Waals surface area contributed by atoms with Gasteiger partial charge in [0.25, 0.3) is 0 Å². The highest BCUT2D eigenvalue weighted by atomic mass is 16.3. The average Bonchev–Trinajstić information content (AvgIpc) is 2.29. The van der Waals surface area contributed by atoms with E-state index >= 15 is 0 Å². The van der Waals surface area contributed by atoms with E-state index in [1.54, 1.807) is 0 Å². The fraction of sp³-hybridized carbons (Fsp3) is 0.538. The van der Waals surface area contributed by atoms with Gasteiger partial charge in [0.15, 0.2) is 0 Å². The molecule has 0 aromatic heterocycles. The number of aryl methyl sites for hydroxylation is 1. The van der Waals surface area contributed by atoms with Crippen LogP contribution < -0.4 is 5.32 Å². The molecule has 0 saturated carbocycles. The van der Waals surface area contributed by atoms with Crippen LogP contribution in [0.1, 0.15) is 25.3 Å². The molecule has 1 aromatic carbocycles. The van der Waals surface area contributed by atoms with Crippen molar-refractivity contribution in [1.29, 1.82) is 0 Å². The second-order valence-corrected chi connectivity index (χ2v) is 3.98. The van der Waals surface area contributed by atoms with Gasteiger partial charge in [0, 0.05) is 6.04 Å². The Kier molecular flexibility index (Phi) is 6.05. The molecular formula is C13H21NO. The van der Waals surface area contributed by atoms with Gasteiger partial charge >= 0.3 is 0 Å². The van der Waals surface area contributed by atoms with Crippen molar-refractivity contribution >= 4 is 0 Å². The van der Waals surface area contributed by atoms with Gasteiger partial charge in [-0.2, -0.15) is 0 Å². The van der Waals surface area contributed by atoms with Gasteiger partial charge in [0.1, 0.15) is 0 Å². The van der Waals surface area contributed by atoms with Gasteiger partial charge in [-0.05, 0) is 38.3 Å². The molecule has 1 atom stereocenters. The van der Waals surface area contributed by atoms with Crippen LogP contribution >= 0.6 is 0 Å². The molecule has 1 aromatic rings. The number of rotatable bonds is 7. The summed E-state index contributed by atoms with van der Waals surface area (Å²) in [5, 5.41) is 12.1. The Balaban J connectivity index is 2.03. The maximum Gasteiger partial charge on any atom is 0.0581 e. The lowest BCUT2D eigenvalue weighted by Crippen LogP contribution is -2.30. The van der Waals surface area contributed by atoms with Gasteiger partial charge in [-0.3, -0.25) is 0 Å². The molecule has 0 spiro atoms. The highest BCUT2D eigenvalue weighted by Gasteiger charge is 1.97. The topological polar surface area (TPSA) is 32.3 Å². The molecule has 1 rings (SSSR count). The largest absolute Gasteiger partial charge is 0.395 e. The number of aliphatic hydroxyl groups excluding tert-OH is 1. The van der Waals surface area contributed by atoms with Crippen LogP contribution in [0.2, 0.25) is 0 Å². The van der Waals surface area contributed by atoms with Crippen LogP contribution in [0.5, 0.6) is 0 Å². The Morgan fingerprint density at radius 2 is 1.93 bits per heavy atom. The van der Waals surface area contributed by atoms with E-state index in [2.05, 4.69) is 29.6 Å². The first-order valence-corrected chi connectivity index (χ1v) is 5.71. The molecule has 0 saturated heterocycles. The number of unbranched alkanes of at least 4 members (excludes halogenated alkanes) is 1. The van der Waals surface area contributed by atoms with Crippen LogP contribution in [0.4, 0.5) is 0 Å². The molecule has 0 amide bonds. The first-order chi connectivity index (χ1) is 7.33. The number of benzene rings is 1. The van der Waals surface area contributed by atoms with Crippen molar-refractivity contribution in [1.82, 2.24) is 5.32 Å². The maximum atomic E-state index is 8.81. The molecule has 84 valence electrons. The molecule has 0 bridgehead atoms. The monoisotopic (exact) mass is 207 g/mol. The minimum atomic E-state index is 0.221. The summed E-state index contributed by atoms with van der Waals surface area (Å²) < 4.78 is 0. The lowest BCUT2D eigenvalue weighted by Gasteiger charge is -2.09.